The summed E-state index contributed by atoms with van der Waals surface area (Å²) >= 11 is 18.6. The van der Waals surface area contributed by atoms with Crippen LogP contribution in [0.25, 0.3) is 66.5 Å². The Balaban J connectivity index is 0.805. The minimum absolute atomic E-state index is 0.0491. The van der Waals surface area contributed by atoms with Crippen molar-refractivity contribution in [2.75, 3.05) is 93.6 Å². The van der Waals surface area contributed by atoms with E-state index in [1.54, 1.807) is 106 Å². The van der Waals surface area contributed by atoms with Crippen molar-refractivity contribution in [3.05, 3.63) is 245 Å². The molecule has 0 unspecified atom stereocenters. The zero-order valence-corrected chi connectivity index (χ0v) is 57.1. The number of pyridine rings is 6. The summed E-state index contributed by atoms with van der Waals surface area (Å²) < 4.78 is 105. The molecule has 3 saturated heterocycles. The molecule has 9 aromatic heterocycles. The highest BCUT2D eigenvalue weighted by atomic mass is 35.5. The smallest absolute Gasteiger partial charge is 0.378 e. The SMILES string of the molecule is O=c1cc(-c2cn(COP(=O)(OCn3cc(-c4ccn(Cc5cc(F)cc(Cl)c5)c(=O)c4)c4cc(N5CCOCC5)cnc43)OCn3cc(-c4ccn(Cc5cc(F)cc(Cl)c5)c(=O)c4)c4cc(N5CCOCC5)cnc43)c3ncc(N4CCOCC4)cc23)ccn1Cc1cc(F)cc(Cl)c1. The van der Waals surface area contributed by atoms with E-state index in [9.17, 15) is 27.6 Å². The summed E-state index contributed by atoms with van der Waals surface area (Å²) in [6, 6.07) is 28.0. The molecule has 12 aromatic rings. The van der Waals surface area contributed by atoms with Crippen LogP contribution in [0.2, 0.25) is 15.1 Å². The van der Waals surface area contributed by atoms with E-state index in [4.69, 9.17) is 77.5 Å². The molecule has 518 valence electrons. The molecule has 0 radical (unpaired) electrons. The molecule has 0 amide bonds. The number of phosphoric ester groups is 1. The molecule has 0 bridgehead atoms. The van der Waals surface area contributed by atoms with E-state index in [1.807, 2.05) is 18.2 Å². The van der Waals surface area contributed by atoms with Crippen LogP contribution >= 0.6 is 42.6 Å². The van der Waals surface area contributed by atoms with Gasteiger partial charge in [0.1, 0.15) is 54.6 Å². The van der Waals surface area contributed by atoms with Gasteiger partial charge in [0.15, 0.2) is 0 Å². The van der Waals surface area contributed by atoms with Gasteiger partial charge >= 0.3 is 7.82 Å². The summed E-state index contributed by atoms with van der Waals surface area (Å²) in [5.74, 6) is -1.60. The number of benzene rings is 3. The van der Waals surface area contributed by atoms with E-state index in [2.05, 4.69) is 14.7 Å². The van der Waals surface area contributed by atoms with Gasteiger partial charge in [-0.3, -0.25) is 28.0 Å². The molecule has 0 atom stereocenters. The van der Waals surface area contributed by atoms with Crippen molar-refractivity contribution >= 4 is 92.8 Å². The second-order valence-electron chi connectivity index (χ2n) is 24.7. The molecule has 0 N–H and O–H groups in total. The minimum atomic E-state index is -4.88. The van der Waals surface area contributed by atoms with Crippen molar-refractivity contribution in [3.8, 4) is 33.4 Å². The van der Waals surface area contributed by atoms with Gasteiger partial charge in [0.2, 0.25) is 0 Å². The van der Waals surface area contributed by atoms with Crippen LogP contribution in [0.1, 0.15) is 16.7 Å². The summed E-state index contributed by atoms with van der Waals surface area (Å²) in [6.45, 7) is 5.37. The third-order valence-electron chi connectivity index (χ3n) is 18.0. The number of hydrogen-bond donors (Lipinski definition) is 0. The zero-order valence-electron chi connectivity index (χ0n) is 54.0. The van der Waals surface area contributed by atoms with E-state index in [0.29, 0.717) is 162 Å². The third-order valence-corrected chi connectivity index (χ3v) is 20.0. The van der Waals surface area contributed by atoms with Crippen LogP contribution in [0.4, 0.5) is 30.2 Å². The quantitative estimate of drug-likeness (QED) is 0.0614. The van der Waals surface area contributed by atoms with Gasteiger partial charge in [0.25, 0.3) is 16.7 Å². The Kier molecular flexibility index (Phi) is 19.3. The molecule has 3 fully saturated rings. The van der Waals surface area contributed by atoms with E-state index >= 15 is 4.57 Å². The van der Waals surface area contributed by atoms with E-state index < -0.39 is 45.5 Å². The largest absolute Gasteiger partial charge is 0.480 e. The maximum atomic E-state index is 16.1. The monoisotopic (exact) mass is 1450 g/mol. The number of phosphoric acid groups is 1. The van der Waals surface area contributed by atoms with Crippen molar-refractivity contribution in [1.82, 2.24) is 42.4 Å². The first kappa shape index (κ1) is 67.5. The number of ether oxygens (including phenoxy) is 3. The highest BCUT2D eigenvalue weighted by molar-refractivity contribution is 7.48. The summed E-state index contributed by atoms with van der Waals surface area (Å²) in [7, 11) is -4.88. The number of morpholine rings is 3. The van der Waals surface area contributed by atoms with Gasteiger partial charge in [-0.2, -0.15) is 0 Å². The van der Waals surface area contributed by atoms with Crippen molar-refractivity contribution in [3.63, 3.8) is 0 Å². The molecular formula is C72H63Cl3F3N12O10P. The molecule has 12 heterocycles. The molecular weight excluding hydrogens is 1390 g/mol. The topological polar surface area (TPSA) is 202 Å². The Morgan fingerprint density at radius 2 is 0.683 bits per heavy atom. The first-order valence-corrected chi connectivity index (χ1v) is 35.0. The highest BCUT2D eigenvalue weighted by Crippen LogP contribution is 2.52. The molecule has 101 heavy (non-hydrogen) atoms. The van der Waals surface area contributed by atoms with Crippen molar-refractivity contribution in [1.29, 1.82) is 0 Å². The summed E-state index contributed by atoms with van der Waals surface area (Å²) in [5.41, 5.74) is 7.24. The number of halogens is 6. The van der Waals surface area contributed by atoms with Gasteiger partial charge in [0, 0.05) is 143 Å². The Hall–Kier alpha value is -9.37. The lowest BCUT2D eigenvalue weighted by Gasteiger charge is -2.28. The number of aromatic nitrogens is 9. The fraction of sp³-hybridized carbons (Fsp3) is 0.250. The van der Waals surface area contributed by atoms with Gasteiger partial charge in [-0.1, -0.05) is 34.8 Å². The average molecular weight is 1450 g/mol. The van der Waals surface area contributed by atoms with Crippen molar-refractivity contribution in [2.24, 2.45) is 0 Å². The lowest BCUT2D eigenvalue weighted by atomic mass is 10.1. The maximum absolute atomic E-state index is 16.1. The molecule has 22 nitrogen and oxygen atoms in total. The fourth-order valence-corrected chi connectivity index (χ4v) is 14.8. The standard InChI is InChI=1S/C72H63Cl3F3N12O10P/c73-52-19-46(22-55(76)28-52)37-85-4-1-49(25-67(85)91)64-40-88(70-61(64)31-58(34-79-70)82-7-13-95-14-8-82)43-98-101(94,99-44-89-41-65(62-32-59(35-80-71(62)89)83-9-15-96-16-10-83)50-2-5-86(68(92)26-50)38-47-20-53(74)29-56(77)23-47)100-45-90-42-66(63-33-60(36-81-72(63)90)84-11-17-97-18-12-84)51-3-6-87(69(93)27-51)39-48-21-54(75)30-57(78)24-48/h1-6,19-36,40-42H,7-18,37-39,43-45H2. The van der Waals surface area contributed by atoms with Gasteiger partial charge in [-0.05, 0) is 124 Å². The summed E-state index contributed by atoms with van der Waals surface area (Å²) in [5, 5.41) is 2.48. The number of hydrogen-bond acceptors (Lipinski definition) is 16. The van der Waals surface area contributed by atoms with Crippen LogP contribution in [0, 0.1) is 17.5 Å². The minimum Gasteiger partial charge on any atom is -0.378 e. The summed E-state index contributed by atoms with van der Waals surface area (Å²) in [4.78, 5) is 63.4. The predicted molar refractivity (Wildman–Crippen MR) is 380 cm³/mol. The summed E-state index contributed by atoms with van der Waals surface area (Å²) in [6.07, 6.45) is 15.3. The molecule has 15 rings (SSSR count). The van der Waals surface area contributed by atoms with Crippen LogP contribution in [-0.2, 0) is 72.2 Å². The first-order chi connectivity index (χ1) is 49.0. The second kappa shape index (κ2) is 28.9. The van der Waals surface area contributed by atoms with Crippen molar-refractivity contribution < 1.29 is 45.5 Å². The normalized spacial score (nSPS) is 14.7. The third kappa shape index (κ3) is 14.9. The average Bonchev–Trinajstić information content (AvgIpc) is 1.64. The number of fused-ring (bicyclic) bond motifs is 3. The molecule has 3 aromatic carbocycles. The number of rotatable bonds is 21. The predicted octanol–water partition coefficient (Wildman–Crippen LogP) is 12.7. The highest BCUT2D eigenvalue weighted by Gasteiger charge is 2.31. The van der Waals surface area contributed by atoms with E-state index in [-0.39, 0.29) is 51.4 Å². The van der Waals surface area contributed by atoms with E-state index in [0.717, 1.165) is 17.1 Å². The molecule has 3 aliphatic heterocycles. The number of nitrogens with zero attached hydrogens (tertiary/aromatic N) is 12. The molecule has 3 aliphatic rings. The van der Waals surface area contributed by atoms with Crippen LogP contribution in [0.5, 0.6) is 0 Å². The fourth-order valence-electron chi connectivity index (χ4n) is 13.1. The van der Waals surface area contributed by atoms with Gasteiger partial charge in [0.05, 0.1) is 94.9 Å². The lowest BCUT2D eigenvalue weighted by Crippen LogP contribution is -2.36. The Morgan fingerprint density at radius 3 is 0.950 bits per heavy atom. The van der Waals surface area contributed by atoms with Gasteiger partial charge in [-0.25, -0.2) is 32.7 Å². The Morgan fingerprint density at radius 1 is 0.396 bits per heavy atom. The Bertz CT molecular complexity index is 4820. The first-order valence-electron chi connectivity index (χ1n) is 32.4. The molecule has 0 spiro atoms. The maximum Gasteiger partial charge on any atom is 0.480 e. The zero-order chi connectivity index (χ0) is 69.5. The molecule has 0 aliphatic carbocycles. The molecule has 0 saturated carbocycles. The van der Waals surface area contributed by atoms with Crippen LogP contribution in [-0.4, -0.2) is 121 Å². The number of anilines is 3. The lowest BCUT2D eigenvalue weighted by molar-refractivity contribution is 0.0564. The van der Waals surface area contributed by atoms with Gasteiger partial charge in [-0.15, -0.1) is 0 Å². The van der Waals surface area contributed by atoms with Gasteiger partial charge < -0.3 is 56.3 Å². The van der Waals surface area contributed by atoms with Crippen LogP contribution in [0.15, 0.2) is 179 Å². The van der Waals surface area contributed by atoms with E-state index in [1.165, 1.54) is 68.3 Å². The second-order valence-corrected chi connectivity index (χ2v) is 27.7. The molecule has 29 heteroatoms. The van der Waals surface area contributed by atoms with Crippen LogP contribution < -0.4 is 31.4 Å². The van der Waals surface area contributed by atoms with Crippen LogP contribution in [0.3, 0.4) is 0 Å². The van der Waals surface area contributed by atoms with Crippen molar-refractivity contribution in [2.45, 2.75) is 39.8 Å². The Labute approximate surface area is 589 Å².